The number of carboxylic acids is 1. The number of aromatic amines is 1. The van der Waals surface area contributed by atoms with Crippen molar-refractivity contribution in [3.05, 3.63) is 17.5 Å². The Morgan fingerprint density at radius 1 is 1.38 bits per heavy atom. The molecular weight excluding hydrogens is 278 g/mol. The summed E-state index contributed by atoms with van der Waals surface area (Å²) in [7, 11) is 0. The minimum Gasteiger partial charge on any atom is -0.477 e. The topological polar surface area (TPSA) is 112 Å². The SMILES string of the molecule is CCOC(=O)CN(CC)C(=O)Nc1cc(C)[nH]c1C(=O)O. The Labute approximate surface area is 122 Å². The van der Waals surface area contributed by atoms with Gasteiger partial charge in [-0.1, -0.05) is 0 Å². The molecule has 0 aliphatic rings. The van der Waals surface area contributed by atoms with E-state index in [4.69, 9.17) is 9.84 Å². The van der Waals surface area contributed by atoms with Crippen LogP contribution in [0.3, 0.4) is 0 Å². The Morgan fingerprint density at radius 3 is 2.57 bits per heavy atom. The van der Waals surface area contributed by atoms with E-state index in [1.54, 1.807) is 20.8 Å². The zero-order valence-electron chi connectivity index (χ0n) is 12.2. The van der Waals surface area contributed by atoms with Crippen molar-refractivity contribution >= 4 is 23.7 Å². The van der Waals surface area contributed by atoms with Crippen LogP contribution < -0.4 is 5.32 Å². The molecule has 1 rings (SSSR count). The molecule has 0 saturated heterocycles. The number of urea groups is 1. The normalized spacial score (nSPS) is 10.0. The predicted molar refractivity (Wildman–Crippen MR) is 75.4 cm³/mol. The van der Waals surface area contributed by atoms with Crippen molar-refractivity contribution in [1.82, 2.24) is 9.88 Å². The number of amides is 2. The summed E-state index contributed by atoms with van der Waals surface area (Å²) in [4.78, 5) is 38.4. The second-order valence-electron chi connectivity index (χ2n) is 4.30. The number of nitrogens with one attached hydrogen (secondary N) is 2. The van der Waals surface area contributed by atoms with Crippen LogP contribution in [-0.2, 0) is 9.53 Å². The van der Waals surface area contributed by atoms with Crippen LogP contribution in [-0.4, -0.2) is 52.7 Å². The molecule has 0 aliphatic carbocycles. The van der Waals surface area contributed by atoms with Crippen LogP contribution in [0.25, 0.3) is 0 Å². The molecular formula is C13H19N3O5. The number of aromatic nitrogens is 1. The molecule has 0 bridgehead atoms. The molecule has 3 N–H and O–H groups in total. The van der Waals surface area contributed by atoms with Gasteiger partial charge in [-0.15, -0.1) is 0 Å². The van der Waals surface area contributed by atoms with Gasteiger partial charge in [0.25, 0.3) is 0 Å². The number of rotatable bonds is 6. The van der Waals surface area contributed by atoms with Crippen molar-refractivity contribution < 1.29 is 24.2 Å². The highest BCUT2D eigenvalue weighted by molar-refractivity contribution is 5.99. The molecule has 1 aromatic heterocycles. The van der Waals surface area contributed by atoms with E-state index < -0.39 is 18.0 Å². The smallest absolute Gasteiger partial charge is 0.354 e. The zero-order chi connectivity index (χ0) is 16.0. The van der Waals surface area contributed by atoms with E-state index in [1.165, 1.54) is 11.0 Å². The maximum absolute atomic E-state index is 12.1. The van der Waals surface area contributed by atoms with Crippen molar-refractivity contribution in [1.29, 1.82) is 0 Å². The highest BCUT2D eigenvalue weighted by Crippen LogP contribution is 2.17. The van der Waals surface area contributed by atoms with Crippen molar-refractivity contribution in [3.63, 3.8) is 0 Å². The minimum absolute atomic E-state index is 0.104. The first kappa shape index (κ1) is 16.5. The van der Waals surface area contributed by atoms with E-state index in [-0.39, 0.29) is 31.1 Å². The molecule has 1 aromatic rings. The quantitative estimate of drug-likeness (QED) is 0.688. The van der Waals surface area contributed by atoms with E-state index in [0.717, 1.165) is 0 Å². The molecule has 8 nitrogen and oxygen atoms in total. The van der Waals surface area contributed by atoms with E-state index >= 15 is 0 Å². The van der Waals surface area contributed by atoms with Crippen LogP contribution in [0.15, 0.2) is 6.07 Å². The van der Waals surface area contributed by atoms with Gasteiger partial charge in [-0.3, -0.25) is 4.79 Å². The maximum Gasteiger partial charge on any atom is 0.354 e. The van der Waals surface area contributed by atoms with Gasteiger partial charge in [0, 0.05) is 12.2 Å². The third kappa shape index (κ3) is 4.51. The highest BCUT2D eigenvalue weighted by atomic mass is 16.5. The predicted octanol–water partition coefficient (Wildman–Crippen LogP) is 1.44. The molecule has 0 aromatic carbocycles. The first-order valence-corrected chi connectivity index (χ1v) is 6.53. The van der Waals surface area contributed by atoms with Gasteiger partial charge >= 0.3 is 18.0 Å². The van der Waals surface area contributed by atoms with Gasteiger partial charge in [0.15, 0.2) is 0 Å². The van der Waals surface area contributed by atoms with Crippen LogP contribution >= 0.6 is 0 Å². The van der Waals surface area contributed by atoms with E-state index in [9.17, 15) is 14.4 Å². The number of carbonyl (C=O) groups is 3. The van der Waals surface area contributed by atoms with Gasteiger partial charge < -0.3 is 25.0 Å². The fourth-order valence-electron chi connectivity index (χ4n) is 1.74. The second kappa shape index (κ2) is 7.32. The number of esters is 1. The summed E-state index contributed by atoms with van der Waals surface area (Å²) in [5.74, 6) is -1.69. The largest absolute Gasteiger partial charge is 0.477 e. The van der Waals surface area contributed by atoms with Crippen LogP contribution in [0.1, 0.15) is 30.0 Å². The fraction of sp³-hybridized carbons (Fsp3) is 0.462. The summed E-state index contributed by atoms with van der Waals surface area (Å²) in [6, 6.07) is 0.951. The van der Waals surface area contributed by atoms with Gasteiger partial charge in [0.05, 0.1) is 12.3 Å². The highest BCUT2D eigenvalue weighted by Gasteiger charge is 2.20. The first-order chi connectivity index (χ1) is 9.88. The molecule has 2 amide bonds. The third-order valence-corrected chi connectivity index (χ3v) is 2.70. The van der Waals surface area contributed by atoms with Crippen LogP contribution in [0.2, 0.25) is 0 Å². The lowest BCUT2D eigenvalue weighted by atomic mass is 10.3. The van der Waals surface area contributed by atoms with Gasteiger partial charge in [0.1, 0.15) is 12.2 Å². The summed E-state index contributed by atoms with van der Waals surface area (Å²) in [6.07, 6.45) is 0. The lowest BCUT2D eigenvalue weighted by Crippen LogP contribution is -2.39. The number of aromatic carboxylic acids is 1. The molecule has 0 spiro atoms. The number of hydrogen-bond donors (Lipinski definition) is 3. The summed E-state index contributed by atoms with van der Waals surface area (Å²) in [5.41, 5.74) is 0.663. The minimum atomic E-state index is -1.17. The number of ether oxygens (including phenoxy) is 1. The first-order valence-electron chi connectivity index (χ1n) is 6.53. The molecule has 21 heavy (non-hydrogen) atoms. The Morgan fingerprint density at radius 2 is 2.05 bits per heavy atom. The number of carbonyl (C=O) groups excluding carboxylic acids is 2. The van der Waals surface area contributed by atoms with E-state index in [2.05, 4.69) is 10.3 Å². The van der Waals surface area contributed by atoms with Gasteiger partial charge in [-0.05, 0) is 26.8 Å². The Bertz CT molecular complexity index is 538. The monoisotopic (exact) mass is 297 g/mol. The number of likely N-dealkylation sites (N-methyl/N-ethyl adjacent to an activating group) is 1. The van der Waals surface area contributed by atoms with Crippen molar-refractivity contribution in [3.8, 4) is 0 Å². The van der Waals surface area contributed by atoms with E-state index in [0.29, 0.717) is 5.69 Å². The van der Waals surface area contributed by atoms with Gasteiger partial charge in [-0.25, -0.2) is 9.59 Å². The van der Waals surface area contributed by atoms with E-state index in [1.807, 2.05) is 0 Å². The molecule has 0 atom stereocenters. The molecule has 0 radical (unpaired) electrons. The van der Waals surface area contributed by atoms with Crippen LogP contribution in [0, 0.1) is 6.92 Å². The summed E-state index contributed by atoms with van der Waals surface area (Å²) < 4.78 is 4.78. The Hall–Kier alpha value is -2.51. The lowest BCUT2D eigenvalue weighted by Gasteiger charge is -2.20. The number of carboxylic acid groups (broad SMARTS) is 1. The Balaban J connectivity index is 2.79. The van der Waals surface area contributed by atoms with Gasteiger partial charge in [-0.2, -0.15) is 0 Å². The number of hydrogen-bond acceptors (Lipinski definition) is 4. The maximum atomic E-state index is 12.1. The number of anilines is 1. The number of aryl methyl sites for hydroxylation is 1. The average Bonchev–Trinajstić information content (AvgIpc) is 2.77. The molecule has 0 aliphatic heterocycles. The van der Waals surface area contributed by atoms with Crippen molar-refractivity contribution in [2.45, 2.75) is 20.8 Å². The Kier molecular flexibility index (Phi) is 5.77. The second-order valence-corrected chi connectivity index (χ2v) is 4.30. The number of H-pyrrole nitrogens is 1. The van der Waals surface area contributed by atoms with Gasteiger partial charge in [0.2, 0.25) is 0 Å². The summed E-state index contributed by atoms with van der Waals surface area (Å²) >= 11 is 0. The molecule has 116 valence electrons. The molecule has 0 unspecified atom stereocenters. The van der Waals surface area contributed by atoms with Crippen LogP contribution in [0.4, 0.5) is 10.5 Å². The molecule has 0 fully saturated rings. The molecule has 0 saturated carbocycles. The molecule has 1 heterocycles. The summed E-state index contributed by atoms with van der Waals surface area (Å²) in [6.45, 7) is 5.39. The van der Waals surface area contributed by atoms with Crippen LogP contribution in [0.5, 0.6) is 0 Å². The third-order valence-electron chi connectivity index (χ3n) is 2.70. The van der Waals surface area contributed by atoms with Crippen molar-refractivity contribution in [2.75, 3.05) is 25.0 Å². The standard InChI is InChI=1S/C13H19N3O5/c1-4-16(7-10(17)21-5-2)13(20)15-9-6-8(3)14-11(9)12(18)19/h6,14H,4-5,7H2,1-3H3,(H,15,20)(H,18,19). The molecule has 8 heteroatoms. The fourth-order valence-corrected chi connectivity index (χ4v) is 1.74. The summed E-state index contributed by atoms with van der Waals surface area (Å²) in [5, 5.41) is 11.5. The number of nitrogens with zero attached hydrogens (tertiary/aromatic N) is 1. The average molecular weight is 297 g/mol. The van der Waals surface area contributed by atoms with Crippen molar-refractivity contribution in [2.24, 2.45) is 0 Å². The zero-order valence-corrected chi connectivity index (χ0v) is 12.2. The lowest BCUT2D eigenvalue weighted by molar-refractivity contribution is -0.143.